The Hall–Kier alpha value is -1.99. The van der Waals surface area contributed by atoms with Crippen LogP contribution < -0.4 is 5.32 Å². The standard InChI is InChI=1S/C18H23N3O3S/c1-3-12-25(23,24)21-11-5-7-16(21)18(22)20-15-9-8-13(2)17-14(15)6-4-10-19-17/h4,6,8-10,16H,3,5,7,11-12H2,1-2H3,(H,20,22). The molecule has 0 saturated carbocycles. The average Bonchev–Trinajstić information content (AvgIpc) is 3.08. The van der Waals surface area contributed by atoms with Gasteiger partial charge in [-0.1, -0.05) is 13.0 Å². The Morgan fingerprint density at radius 1 is 1.36 bits per heavy atom. The third kappa shape index (κ3) is 3.52. The second kappa shape index (κ2) is 7.09. The predicted molar refractivity (Wildman–Crippen MR) is 98.9 cm³/mol. The molecule has 1 fully saturated rings. The average molecular weight is 361 g/mol. The van der Waals surface area contributed by atoms with Crippen LogP contribution >= 0.6 is 0 Å². The van der Waals surface area contributed by atoms with Gasteiger partial charge in [-0.3, -0.25) is 9.78 Å². The van der Waals surface area contributed by atoms with Gasteiger partial charge in [-0.2, -0.15) is 4.31 Å². The van der Waals surface area contributed by atoms with E-state index in [0.717, 1.165) is 16.5 Å². The highest BCUT2D eigenvalue weighted by Crippen LogP contribution is 2.27. The Kier molecular flexibility index (Phi) is 5.06. The molecule has 0 radical (unpaired) electrons. The van der Waals surface area contributed by atoms with Crippen molar-refractivity contribution in [3.63, 3.8) is 0 Å². The molecule has 0 spiro atoms. The van der Waals surface area contributed by atoms with Crippen LogP contribution in [0.4, 0.5) is 5.69 Å². The lowest BCUT2D eigenvalue weighted by Gasteiger charge is -2.23. The van der Waals surface area contributed by atoms with Gasteiger partial charge in [0.05, 0.1) is 17.0 Å². The molecular formula is C18H23N3O3S. The van der Waals surface area contributed by atoms with Gasteiger partial charge in [0.25, 0.3) is 0 Å². The minimum Gasteiger partial charge on any atom is -0.324 e. The number of sulfonamides is 1. The molecule has 6 nitrogen and oxygen atoms in total. The van der Waals surface area contributed by atoms with Gasteiger partial charge < -0.3 is 5.32 Å². The van der Waals surface area contributed by atoms with Crippen LogP contribution in [0.2, 0.25) is 0 Å². The summed E-state index contributed by atoms with van der Waals surface area (Å²) in [6.07, 6.45) is 3.52. The minimum absolute atomic E-state index is 0.0775. The van der Waals surface area contributed by atoms with Crippen molar-refractivity contribution in [2.24, 2.45) is 0 Å². The number of hydrogen-bond acceptors (Lipinski definition) is 4. The van der Waals surface area contributed by atoms with Crippen LogP contribution in [0.15, 0.2) is 30.5 Å². The topological polar surface area (TPSA) is 79.4 Å². The molecule has 1 aliphatic heterocycles. The van der Waals surface area contributed by atoms with Crippen molar-refractivity contribution in [2.75, 3.05) is 17.6 Å². The number of carbonyl (C=O) groups excluding carboxylic acids is 1. The Morgan fingerprint density at radius 3 is 2.92 bits per heavy atom. The van der Waals surface area contributed by atoms with E-state index >= 15 is 0 Å². The molecule has 1 amide bonds. The van der Waals surface area contributed by atoms with Crippen molar-refractivity contribution in [2.45, 2.75) is 39.2 Å². The van der Waals surface area contributed by atoms with Crippen LogP contribution in [0.25, 0.3) is 10.9 Å². The van der Waals surface area contributed by atoms with Crippen molar-refractivity contribution in [1.29, 1.82) is 0 Å². The Bertz CT molecular complexity index is 896. The smallest absolute Gasteiger partial charge is 0.242 e. The fraction of sp³-hybridized carbons (Fsp3) is 0.444. The minimum atomic E-state index is -3.39. The van der Waals surface area contributed by atoms with Gasteiger partial charge in [0.15, 0.2) is 0 Å². The molecule has 0 bridgehead atoms. The van der Waals surface area contributed by atoms with Gasteiger partial charge in [0, 0.05) is 18.1 Å². The number of nitrogens with zero attached hydrogens (tertiary/aromatic N) is 2. The molecule has 1 unspecified atom stereocenters. The van der Waals surface area contributed by atoms with E-state index in [9.17, 15) is 13.2 Å². The van der Waals surface area contributed by atoms with Crippen LogP contribution in [0, 0.1) is 6.92 Å². The summed E-state index contributed by atoms with van der Waals surface area (Å²) < 4.78 is 26.1. The molecule has 1 aliphatic rings. The molecule has 134 valence electrons. The van der Waals surface area contributed by atoms with Crippen molar-refractivity contribution in [3.8, 4) is 0 Å². The Balaban J connectivity index is 1.87. The summed E-state index contributed by atoms with van der Waals surface area (Å²) in [6.45, 7) is 4.21. The first-order chi connectivity index (χ1) is 11.9. The normalized spacial score (nSPS) is 18.6. The molecule has 0 aliphatic carbocycles. The number of rotatable bonds is 5. The number of benzene rings is 1. The maximum atomic E-state index is 12.8. The van der Waals surface area contributed by atoms with Crippen molar-refractivity contribution >= 4 is 32.5 Å². The molecule has 1 atom stereocenters. The number of carbonyl (C=O) groups is 1. The number of fused-ring (bicyclic) bond motifs is 1. The number of aryl methyl sites for hydroxylation is 1. The Morgan fingerprint density at radius 2 is 2.16 bits per heavy atom. The molecule has 3 rings (SSSR count). The molecule has 7 heteroatoms. The largest absolute Gasteiger partial charge is 0.324 e. The summed E-state index contributed by atoms with van der Waals surface area (Å²) in [5, 5.41) is 3.77. The number of amides is 1. The highest BCUT2D eigenvalue weighted by Gasteiger charge is 2.38. The maximum absolute atomic E-state index is 12.8. The van der Waals surface area contributed by atoms with Gasteiger partial charge in [-0.05, 0) is 49.9 Å². The number of nitrogens with one attached hydrogen (secondary N) is 1. The zero-order valence-corrected chi connectivity index (χ0v) is 15.3. The third-order valence-electron chi connectivity index (χ3n) is 4.55. The molecule has 2 aromatic rings. The molecular weight excluding hydrogens is 338 g/mol. The second-order valence-electron chi connectivity index (χ2n) is 6.40. The zero-order valence-electron chi connectivity index (χ0n) is 14.5. The summed E-state index contributed by atoms with van der Waals surface area (Å²) in [4.78, 5) is 17.1. The lowest BCUT2D eigenvalue weighted by Crippen LogP contribution is -2.44. The van der Waals surface area contributed by atoms with Crippen LogP contribution in [0.5, 0.6) is 0 Å². The quantitative estimate of drug-likeness (QED) is 0.888. The lowest BCUT2D eigenvalue weighted by molar-refractivity contribution is -0.119. The molecule has 2 heterocycles. The second-order valence-corrected chi connectivity index (χ2v) is 8.44. The van der Waals surface area contributed by atoms with E-state index in [4.69, 9.17) is 0 Å². The van der Waals surface area contributed by atoms with E-state index in [-0.39, 0.29) is 11.7 Å². The van der Waals surface area contributed by atoms with E-state index in [2.05, 4.69) is 10.3 Å². The van der Waals surface area contributed by atoms with E-state index < -0.39 is 16.1 Å². The predicted octanol–water partition coefficient (Wildman–Crippen LogP) is 2.69. The molecule has 1 aromatic heterocycles. The van der Waals surface area contributed by atoms with E-state index in [1.807, 2.05) is 38.1 Å². The fourth-order valence-corrected chi connectivity index (χ4v) is 5.10. The summed E-state index contributed by atoms with van der Waals surface area (Å²) in [6, 6.07) is 6.85. The molecule has 1 N–H and O–H groups in total. The number of pyridine rings is 1. The van der Waals surface area contributed by atoms with Gasteiger partial charge in [-0.15, -0.1) is 0 Å². The van der Waals surface area contributed by atoms with Gasteiger partial charge >= 0.3 is 0 Å². The van der Waals surface area contributed by atoms with E-state index in [0.29, 0.717) is 31.5 Å². The number of anilines is 1. The van der Waals surface area contributed by atoms with Crippen molar-refractivity contribution in [3.05, 3.63) is 36.0 Å². The molecule has 25 heavy (non-hydrogen) atoms. The van der Waals surface area contributed by atoms with Gasteiger partial charge in [0.2, 0.25) is 15.9 Å². The molecule has 1 aromatic carbocycles. The summed E-state index contributed by atoms with van der Waals surface area (Å²) in [5.74, 6) is -0.195. The van der Waals surface area contributed by atoms with Crippen molar-refractivity contribution < 1.29 is 13.2 Å². The first kappa shape index (κ1) is 17.8. The van der Waals surface area contributed by atoms with Gasteiger partial charge in [0.1, 0.15) is 6.04 Å². The van der Waals surface area contributed by atoms with Crippen LogP contribution in [-0.2, 0) is 14.8 Å². The van der Waals surface area contributed by atoms with Gasteiger partial charge in [-0.25, -0.2) is 8.42 Å². The highest BCUT2D eigenvalue weighted by atomic mass is 32.2. The van der Waals surface area contributed by atoms with Crippen molar-refractivity contribution in [1.82, 2.24) is 9.29 Å². The SMILES string of the molecule is CCCS(=O)(=O)N1CCCC1C(=O)Nc1ccc(C)c2ncccc12. The first-order valence-electron chi connectivity index (χ1n) is 8.58. The zero-order chi connectivity index (χ0) is 18.0. The monoisotopic (exact) mass is 361 g/mol. The van der Waals surface area contributed by atoms with Crippen LogP contribution in [0.1, 0.15) is 31.7 Å². The first-order valence-corrected chi connectivity index (χ1v) is 10.2. The van der Waals surface area contributed by atoms with Crippen LogP contribution in [-0.4, -0.2) is 42.0 Å². The third-order valence-corrected chi connectivity index (χ3v) is 6.63. The van der Waals surface area contributed by atoms with Crippen LogP contribution in [0.3, 0.4) is 0 Å². The summed E-state index contributed by atoms with van der Waals surface area (Å²) >= 11 is 0. The maximum Gasteiger partial charge on any atom is 0.242 e. The molecule has 1 saturated heterocycles. The van der Waals surface area contributed by atoms with E-state index in [1.54, 1.807) is 6.20 Å². The number of aromatic nitrogens is 1. The fourth-order valence-electron chi connectivity index (χ4n) is 3.35. The summed E-state index contributed by atoms with van der Waals surface area (Å²) in [5.41, 5.74) is 2.53. The highest BCUT2D eigenvalue weighted by molar-refractivity contribution is 7.89. The lowest BCUT2D eigenvalue weighted by atomic mass is 10.1. The van der Waals surface area contributed by atoms with E-state index in [1.165, 1.54) is 4.31 Å². The summed E-state index contributed by atoms with van der Waals surface area (Å²) in [7, 11) is -3.39. The number of hydrogen-bond donors (Lipinski definition) is 1. The Labute approximate surface area is 148 Å².